The van der Waals surface area contributed by atoms with E-state index in [2.05, 4.69) is 65.9 Å². The number of ether oxygens (including phenoxy) is 2. The highest BCUT2D eigenvalue weighted by molar-refractivity contribution is 5.90. The SMILES string of the molecule is CC(C)CC[C@@H]1NCCN([C@@H](CC(C)C)C(=O)N2CCC3(C[C@@H]2C)OCC(C)(CN(C)C)CO3)C1=O. The summed E-state index contributed by atoms with van der Waals surface area (Å²) in [6, 6.07) is -0.603. The van der Waals surface area contributed by atoms with Crippen LogP contribution in [0.2, 0.25) is 0 Å². The van der Waals surface area contributed by atoms with Crippen LogP contribution in [0.3, 0.4) is 0 Å². The lowest BCUT2D eigenvalue weighted by atomic mass is 9.88. The summed E-state index contributed by atoms with van der Waals surface area (Å²) in [5.74, 6) is 0.428. The predicted molar refractivity (Wildman–Crippen MR) is 143 cm³/mol. The molecule has 208 valence electrons. The van der Waals surface area contributed by atoms with E-state index >= 15 is 0 Å². The summed E-state index contributed by atoms with van der Waals surface area (Å²) in [6.07, 6.45) is 3.84. The standard InChI is InChI=1S/C28H52N4O4/c1-20(2)9-10-23-25(33)32(14-12-29-23)24(15-21(3)4)26(34)31-13-11-28(16-22(31)5)35-18-27(6,19-36-28)17-30(7)8/h20-24,29H,9-19H2,1-8H3/t22-,23-,24-,27?,28?/m0/s1. The molecule has 1 N–H and O–H groups in total. The van der Waals surface area contributed by atoms with E-state index in [1.165, 1.54) is 0 Å². The van der Waals surface area contributed by atoms with Gasteiger partial charge in [-0.1, -0.05) is 34.6 Å². The Morgan fingerprint density at radius 3 is 2.36 bits per heavy atom. The molecule has 0 aromatic rings. The molecule has 0 unspecified atom stereocenters. The summed E-state index contributed by atoms with van der Waals surface area (Å²) < 4.78 is 12.8. The van der Waals surface area contributed by atoms with Crippen molar-refractivity contribution in [1.29, 1.82) is 0 Å². The van der Waals surface area contributed by atoms with Gasteiger partial charge in [-0.05, 0) is 52.1 Å². The van der Waals surface area contributed by atoms with Crippen molar-refractivity contribution in [2.45, 2.75) is 97.6 Å². The molecule has 0 saturated carbocycles. The first-order chi connectivity index (χ1) is 16.8. The van der Waals surface area contributed by atoms with Crippen LogP contribution in [0.1, 0.15) is 73.6 Å². The fourth-order valence-electron chi connectivity index (χ4n) is 6.10. The maximum atomic E-state index is 14.0. The zero-order valence-corrected chi connectivity index (χ0v) is 24.1. The molecule has 0 aromatic heterocycles. The Kier molecular flexibility index (Phi) is 9.86. The fourth-order valence-corrected chi connectivity index (χ4v) is 6.10. The molecule has 3 aliphatic rings. The number of hydrogen-bond donors (Lipinski definition) is 1. The topological polar surface area (TPSA) is 74.3 Å². The van der Waals surface area contributed by atoms with E-state index in [1.807, 2.05) is 9.80 Å². The number of rotatable bonds is 9. The van der Waals surface area contributed by atoms with Gasteiger partial charge in [-0.3, -0.25) is 9.59 Å². The molecule has 0 aromatic carbocycles. The molecule has 3 atom stereocenters. The van der Waals surface area contributed by atoms with Gasteiger partial charge < -0.3 is 29.5 Å². The summed E-state index contributed by atoms with van der Waals surface area (Å²) in [5.41, 5.74) is -0.0257. The molecule has 8 heteroatoms. The lowest BCUT2D eigenvalue weighted by Gasteiger charge is -2.51. The van der Waals surface area contributed by atoms with Crippen LogP contribution in [0, 0.1) is 17.3 Å². The van der Waals surface area contributed by atoms with Crippen LogP contribution in [0.5, 0.6) is 0 Å². The average molecular weight is 509 g/mol. The largest absolute Gasteiger partial charge is 0.349 e. The molecule has 3 heterocycles. The predicted octanol–water partition coefficient (Wildman–Crippen LogP) is 2.96. The zero-order chi connectivity index (χ0) is 26.7. The summed E-state index contributed by atoms with van der Waals surface area (Å²) in [5, 5.41) is 3.39. The van der Waals surface area contributed by atoms with Gasteiger partial charge in [0.1, 0.15) is 6.04 Å². The summed E-state index contributed by atoms with van der Waals surface area (Å²) >= 11 is 0. The normalized spacial score (nSPS) is 32.7. The first kappa shape index (κ1) is 29.3. The van der Waals surface area contributed by atoms with Gasteiger partial charge in [-0.15, -0.1) is 0 Å². The molecular formula is C28H52N4O4. The van der Waals surface area contributed by atoms with Crippen molar-refractivity contribution in [2.24, 2.45) is 17.3 Å². The molecule has 3 rings (SSSR count). The van der Waals surface area contributed by atoms with Crippen molar-refractivity contribution in [2.75, 3.05) is 53.5 Å². The molecule has 3 aliphatic heterocycles. The van der Waals surface area contributed by atoms with E-state index in [0.717, 1.165) is 25.9 Å². The first-order valence-electron chi connectivity index (χ1n) is 14.1. The lowest BCUT2D eigenvalue weighted by molar-refractivity contribution is -0.319. The minimum Gasteiger partial charge on any atom is -0.349 e. The van der Waals surface area contributed by atoms with Crippen LogP contribution in [-0.4, -0.2) is 104 Å². The zero-order valence-electron chi connectivity index (χ0n) is 24.1. The number of carbonyl (C=O) groups excluding carboxylic acids is 2. The maximum Gasteiger partial charge on any atom is 0.245 e. The summed E-state index contributed by atoms with van der Waals surface area (Å²) in [6.45, 7) is 17.1. The number of amides is 2. The van der Waals surface area contributed by atoms with Crippen LogP contribution in [-0.2, 0) is 19.1 Å². The molecule has 3 saturated heterocycles. The van der Waals surface area contributed by atoms with Gasteiger partial charge in [0.15, 0.2) is 5.79 Å². The number of nitrogens with one attached hydrogen (secondary N) is 1. The molecule has 0 bridgehead atoms. The van der Waals surface area contributed by atoms with Crippen molar-refractivity contribution in [3.63, 3.8) is 0 Å². The molecule has 1 spiro atoms. The Hall–Kier alpha value is -1.22. The van der Waals surface area contributed by atoms with Crippen LogP contribution >= 0.6 is 0 Å². The van der Waals surface area contributed by atoms with E-state index < -0.39 is 11.8 Å². The van der Waals surface area contributed by atoms with Gasteiger partial charge >= 0.3 is 0 Å². The smallest absolute Gasteiger partial charge is 0.245 e. The van der Waals surface area contributed by atoms with Crippen LogP contribution in [0.15, 0.2) is 0 Å². The molecule has 36 heavy (non-hydrogen) atoms. The second-order valence-electron chi connectivity index (χ2n) is 13.0. The molecule has 8 nitrogen and oxygen atoms in total. The Labute approximate surface area is 219 Å². The van der Waals surface area contributed by atoms with Crippen LogP contribution in [0.25, 0.3) is 0 Å². The molecule has 2 amide bonds. The van der Waals surface area contributed by atoms with E-state index in [-0.39, 0.29) is 29.3 Å². The molecule has 3 fully saturated rings. The molecule has 0 radical (unpaired) electrons. The highest BCUT2D eigenvalue weighted by atomic mass is 16.7. The third-order valence-electron chi connectivity index (χ3n) is 7.93. The Balaban J connectivity index is 1.67. The summed E-state index contributed by atoms with van der Waals surface area (Å²) in [4.78, 5) is 33.5. The number of carbonyl (C=O) groups is 2. The van der Waals surface area contributed by atoms with Crippen molar-refractivity contribution in [1.82, 2.24) is 20.0 Å². The second kappa shape index (κ2) is 12.1. The number of likely N-dealkylation sites (tertiary alicyclic amines) is 1. The van der Waals surface area contributed by atoms with Gasteiger partial charge in [0.2, 0.25) is 11.8 Å². The third-order valence-corrected chi connectivity index (χ3v) is 7.93. The number of piperazine rings is 1. The third kappa shape index (κ3) is 7.21. The highest BCUT2D eigenvalue weighted by Crippen LogP contribution is 2.39. The lowest BCUT2D eigenvalue weighted by Crippen LogP contribution is -2.64. The Morgan fingerprint density at radius 1 is 1.14 bits per heavy atom. The Bertz CT molecular complexity index is 748. The van der Waals surface area contributed by atoms with Crippen molar-refractivity contribution >= 4 is 11.8 Å². The van der Waals surface area contributed by atoms with E-state index in [0.29, 0.717) is 57.4 Å². The van der Waals surface area contributed by atoms with Crippen molar-refractivity contribution in [3.8, 4) is 0 Å². The monoisotopic (exact) mass is 508 g/mol. The van der Waals surface area contributed by atoms with Gasteiger partial charge in [0.05, 0.1) is 19.3 Å². The summed E-state index contributed by atoms with van der Waals surface area (Å²) in [7, 11) is 4.15. The minimum absolute atomic E-state index is 0.00567. The van der Waals surface area contributed by atoms with E-state index in [9.17, 15) is 9.59 Å². The first-order valence-corrected chi connectivity index (χ1v) is 14.1. The number of piperidine rings is 1. The molecular weight excluding hydrogens is 456 g/mol. The van der Waals surface area contributed by atoms with Crippen LogP contribution in [0.4, 0.5) is 0 Å². The van der Waals surface area contributed by atoms with E-state index in [4.69, 9.17) is 9.47 Å². The van der Waals surface area contributed by atoms with Crippen molar-refractivity contribution in [3.05, 3.63) is 0 Å². The van der Waals surface area contributed by atoms with E-state index in [1.54, 1.807) is 0 Å². The fraction of sp³-hybridized carbons (Fsp3) is 0.929. The highest BCUT2D eigenvalue weighted by Gasteiger charge is 2.49. The van der Waals surface area contributed by atoms with Gasteiger partial charge in [-0.25, -0.2) is 0 Å². The Morgan fingerprint density at radius 2 is 1.81 bits per heavy atom. The number of nitrogens with zero attached hydrogens (tertiary/aromatic N) is 3. The average Bonchev–Trinajstić information content (AvgIpc) is 2.78. The quantitative estimate of drug-likeness (QED) is 0.516. The van der Waals surface area contributed by atoms with Crippen LogP contribution < -0.4 is 5.32 Å². The van der Waals surface area contributed by atoms with Gasteiger partial charge in [0, 0.05) is 50.5 Å². The minimum atomic E-state index is -0.609. The second-order valence-corrected chi connectivity index (χ2v) is 13.0. The van der Waals surface area contributed by atoms with Crippen molar-refractivity contribution < 1.29 is 19.1 Å². The van der Waals surface area contributed by atoms with Gasteiger partial charge in [0.25, 0.3) is 0 Å². The van der Waals surface area contributed by atoms with Gasteiger partial charge in [-0.2, -0.15) is 0 Å². The molecule has 0 aliphatic carbocycles. The maximum absolute atomic E-state index is 14.0. The number of hydrogen-bond acceptors (Lipinski definition) is 6.